The van der Waals surface area contributed by atoms with E-state index < -0.39 is 0 Å². The fourth-order valence-corrected chi connectivity index (χ4v) is 1.77. The van der Waals surface area contributed by atoms with Crippen molar-refractivity contribution < 1.29 is 9.47 Å². The van der Waals surface area contributed by atoms with Gasteiger partial charge in [0.2, 0.25) is 0 Å². The van der Waals surface area contributed by atoms with Crippen LogP contribution in [0.5, 0.6) is 5.75 Å². The van der Waals surface area contributed by atoms with Crippen LogP contribution in [0.4, 0.5) is 0 Å². The van der Waals surface area contributed by atoms with Crippen LogP contribution in [0.15, 0.2) is 29.3 Å². The van der Waals surface area contributed by atoms with Crippen molar-refractivity contribution in [2.24, 2.45) is 10.4 Å². The Hall–Kier alpha value is -1.35. The van der Waals surface area contributed by atoms with Crippen LogP contribution in [0.2, 0.25) is 0 Å². The van der Waals surface area contributed by atoms with Gasteiger partial charge in [-0.2, -0.15) is 0 Å². The molecular formula is C16H23NO2. The Balaban J connectivity index is 1.94. The summed E-state index contributed by atoms with van der Waals surface area (Å²) in [6.07, 6.45) is 3.01. The number of nitrogens with zero attached hydrogens (tertiary/aromatic N) is 1. The molecule has 0 aromatic heterocycles. The van der Waals surface area contributed by atoms with E-state index in [1.54, 1.807) is 0 Å². The molecule has 2 rings (SSSR count). The van der Waals surface area contributed by atoms with E-state index in [4.69, 9.17) is 9.47 Å². The van der Waals surface area contributed by atoms with E-state index in [9.17, 15) is 0 Å². The first-order valence-corrected chi connectivity index (χ1v) is 6.94. The third-order valence-electron chi connectivity index (χ3n) is 3.55. The summed E-state index contributed by atoms with van der Waals surface area (Å²) < 4.78 is 11.8. The highest BCUT2D eigenvalue weighted by Crippen LogP contribution is 2.22. The lowest BCUT2D eigenvalue weighted by molar-refractivity contribution is -0.0155. The molecule has 1 aromatic rings. The van der Waals surface area contributed by atoms with Gasteiger partial charge in [0.1, 0.15) is 18.5 Å². The van der Waals surface area contributed by atoms with E-state index in [0.29, 0.717) is 13.2 Å². The number of hydrogen-bond donors (Lipinski definition) is 0. The topological polar surface area (TPSA) is 30.8 Å². The summed E-state index contributed by atoms with van der Waals surface area (Å²) in [5.74, 6) is 0.884. The Morgan fingerprint density at radius 3 is 2.95 bits per heavy atom. The molecule has 0 bridgehead atoms. The highest BCUT2D eigenvalue weighted by Gasteiger charge is 2.20. The molecule has 0 N–H and O–H groups in total. The van der Waals surface area contributed by atoms with Gasteiger partial charge in [0, 0.05) is 11.8 Å². The highest BCUT2D eigenvalue weighted by molar-refractivity contribution is 5.83. The van der Waals surface area contributed by atoms with Gasteiger partial charge in [-0.3, -0.25) is 4.99 Å². The molecule has 0 saturated heterocycles. The molecule has 3 nitrogen and oxygen atoms in total. The summed E-state index contributed by atoms with van der Waals surface area (Å²) in [5, 5.41) is 0. The van der Waals surface area contributed by atoms with E-state index >= 15 is 0 Å². The Kier molecular flexibility index (Phi) is 4.59. The van der Waals surface area contributed by atoms with Crippen LogP contribution >= 0.6 is 0 Å². The first kappa shape index (κ1) is 14.1. The van der Waals surface area contributed by atoms with Crippen LogP contribution in [0.1, 0.15) is 32.8 Å². The highest BCUT2D eigenvalue weighted by atomic mass is 16.5. The van der Waals surface area contributed by atoms with E-state index in [1.165, 1.54) is 0 Å². The molecule has 3 heteroatoms. The Morgan fingerprint density at radius 1 is 1.37 bits per heavy atom. The van der Waals surface area contributed by atoms with Crippen molar-refractivity contribution in [3.63, 3.8) is 0 Å². The molecule has 1 aliphatic heterocycles. The molecule has 1 aliphatic rings. The summed E-state index contributed by atoms with van der Waals surface area (Å²) in [7, 11) is 0. The van der Waals surface area contributed by atoms with Gasteiger partial charge in [-0.25, -0.2) is 0 Å². The van der Waals surface area contributed by atoms with Crippen LogP contribution in [-0.2, 0) is 4.74 Å². The lowest BCUT2D eigenvalue weighted by Crippen LogP contribution is -2.31. The average molecular weight is 261 g/mol. The van der Waals surface area contributed by atoms with Crippen molar-refractivity contribution in [2.45, 2.75) is 33.3 Å². The fourth-order valence-electron chi connectivity index (χ4n) is 1.77. The Labute approximate surface area is 115 Å². The molecule has 104 valence electrons. The van der Waals surface area contributed by atoms with E-state index in [1.807, 2.05) is 30.5 Å². The molecule has 1 heterocycles. The van der Waals surface area contributed by atoms with Crippen molar-refractivity contribution in [3.8, 4) is 5.75 Å². The molecule has 1 unspecified atom stereocenters. The monoisotopic (exact) mass is 261 g/mol. The number of rotatable bonds is 4. The predicted octanol–water partition coefficient (Wildman–Crippen LogP) is 3.32. The maximum Gasteiger partial charge on any atom is 0.128 e. The SMILES string of the molecule is CCC(C)(C)COC1CN=Cc2ccccc2OC1. The molecule has 0 spiro atoms. The van der Waals surface area contributed by atoms with Gasteiger partial charge >= 0.3 is 0 Å². The van der Waals surface area contributed by atoms with Crippen LogP contribution in [0, 0.1) is 5.41 Å². The summed E-state index contributed by atoms with van der Waals surface area (Å²) in [6, 6.07) is 7.96. The zero-order valence-electron chi connectivity index (χ0n) is 12.1. The fraction of sp³-hybridized carbons (Fsp3) is 0.562. The number of hydrogen-bond acceptors (Lipinski definition) is 3. The van der Waals surface area contributed by atoms with Gasteiger partial charge in [0.05, 0.1) is 13.2 Å². The first-order chi connectivity index (χ1) is 9.11. The normalized spacial score (nSPS) is 19.2. The van der Waals surface area contributed by atoms with Gasteiger partial charge in [0.15, 0.2) is 0 Å². The average Bonchev–Trinajstić information content (AvgIpc) is 2.39. The minimum Gasteiger partial charge on any atom is -0.490 e. The second-order valence-corrected chi connectivity index (χ2v) is 5.79. The third-order valence-corrected chi connectivity index (χ3v) is 3.55. The maximum atomic E-state index is 5.95. The molecular weight excluding hydrogens is 238 g/mol. The zero-order chi connectivity index (χ0) is 13.7. The number of aliphatic imine (C=N–C) groups is 1. The van der Waals surface area contributed by atoms with Crippen LogP contribution < -0.4 is 4.74 Å². The van der Waals surface area contributed by atoms with Crippen LogP contribution in [0.3, 0.4) is 0 Å². The minimum absolute atomic E-state index is 0.0374. The Morgan fingerprint density at radius 2 is 2.16 bits per heavy atom. The van der Waals surface area contributed by atoms with Crippen molar-refractivity contribution in [3.05, 3.63) is 29.8 Å². The molecule has 0 saturated carbocycles. The van der Waals surface area contributed by atoms with Gasteiger partial charge in [-0.1, -0.05) is 32.9 Å². The van der Waals surface area contributed by atoms with Crippen molar-refractivity contribution in [1.29, 1.82) is 0 Å². The van der Waals surface area contributed by atoms with Crippen LogP contribution in [-0.4, -0.2) is 32.1 Å². The van der Waals surface area contributed by atoms with E-state index in [2.05, 4.69) is 25.8 Å². The second kappa shape index (κ2) is 6.20. The minimum atomic E-state index is 0.0374. The predicted molar refractivity (Wildman–Crippen MR) is 78.2 cm³/mol. The van der Waals surface area contributed by atoms with Crippen molar-refractivity contribution >= 4 is 6.21 Å². The van der Waals surface area contributed by atoms with Crippen molar-refractivity contribution in [1.82, 2.24) is 0 Å². The number of para-hydroxylation sites is 1. The molecule has 0 amide bonds. The summed E-state index contributed by atoms with van der Waals surface area (Å²) >= 11 is 0. The van der Waals surface area contributed by atoms with Crippen LogP contribution in [0.25, 0.3) is 0 Å². The van der Waals surface area contributed by atoms with Gasteiger partial charge in [0.25, 0.3) is 0 Å². The summed E-state index contributed by atoms with van der Waals surface area (Å²) in [4.78, 5) is 4.45. The number of benzene rings is 1. The molecule has 1 atom stereocenters. The quantitative estimate of drug-likeness (QED) is 0.832. The summed E-state index contributed by atoms with van der Waals surface area (Å²) in [6.45, 7) is 8.59. The largest absolute Gasteiger partial charge is 0.490 e. The first-order valence-electron chi connectivity index (χ1n) is 6.94. The summed E-state index contributed by atoms with van der Waals surface area (Å²) in [5.41, 5.74) is 1.25. The molecule has 0 fully saturated rings. The van der Waals surface area contributed by atoms with Crippen molar-refractivity contribution in [2.75, 3.05) is 19.8 Å². The lowest BCUT2D eigenvalue weighted by Gasteiger charge is -2.26. The zero-order valence-corrected chi connectivity index (χ0v) is 12.1. The lowest BCUT2D eigenvalue weighted by atomic mass is 9.92. The van der Waals surface area contributed by atoms with E-state index in [0.717, 1.165) is 24.3 Å². The molecule has 0 aliphatic carbocycles. The standard InChI is InChI=1S/C16H23NO2/c1-4-16(2,3)12-19-14-10-17-9-13-7-5-6-8-15(13)18-11-14/h5-9,14H,4,10-12H2,1-3H3. The van der Waals surface area contributed by atoms with Gasteiger partial charge in [-0.15, -0.1) is 0 Å². The third kappa shape index (κ3) is 4.06. The Bertz CT molecular complexity index is 440. The van der Waals surface area contributed by atoms with Gasteiger partial charge in [-0.05, 0) is 24.0 Å². The van der Waals surface area contributed by atoms with Gasteiger partial charge < -0.3 is 9.47 Å². The maximum absolute atomic E-state index is 5.95. The van der Waals surface area contributed by atoms with E-state index in [-0.39, 0.29) is 11.5 Å². The second-order valence-electron chi connectivity index (χ2n) is 5.79. The number of fused-ring (bicyclic) bond motifs is 1. The molecule has 1 aromatic carbocycles. The smallest absolute Gasteiger partial charge is 0.128 e. The molecule has 0 radical (unpaired) electrons. The number of ether oxygens (including phenoxy) is 2. The molecule has 19 heavy (non-hydrogen) atoms.